The summed E-state index contributed by atoms with van der Waals surface area (Å²) in [6.07, 6.45) is 3.14. The second-order valence-electron chi connectivity index (χ2n) is 3.63. The first kappa shape index (κ1) is 10.4. The Morgan fingerprint density at radius 1 is 1.44 bits per heavy atom. The topological polar surface area (TPSA) is 58.9 Å². The van der Waals surface area contributed by atoms with Crippen molar-refractivity contribution in [2.75, 3.05) is 5.73 Å². The van der Waals surface area contributed by atoms with Crippen molar-refractivity contribution < 1.29 is 9.18 Å². The van der Waals surface area contributed by atoms with E-state index in [1.54, 1.807) is 19.2 Å². The quantitative estimate of drug-likeness (QED) is 0.600. The van der Waals surface area contributed by atoms with Crippen LogP contribution >= 0.6 is 0 Å². The third-order valence-corrected chi connectivity index (χ3v) is 2.38. The molecule has 3 N–H and O–H groups in total. The fraction of sp³-hybridized carbons (Fsp3) is 0.0833. The fourth-order valence-electron chi connectivity index (χ4n) is 1.58. The highest BCUT2D eigenvalue weighted by molar-refractivity contribution is 6.09. The summed E-state index contributed by atoms with van der Waals surface area (Å²) in [6.45, 7) is 1.58. The molecule has 0 spiro atoms. The Morgan fingerprint density at radius 3 is 2.81 bits per heavy atom. The minimum atomic E-state index is -0.514. The molecule has 0 unspecified atom stereocenters. The van der Waals surface area contributed by atoms with Crippen LogP contribution in [0.25, 0.3) is 0 Å². The van der Waals surface area contributed by atoms with E-state index in [9.17, 15) is 9.18 Å². The molecule has 1 aromatic heterocycles. The average Bonchev–Trinajstić information content (AvgIpc) is 2.75. The predicted molar refractivity (Wildman–Crippen MR) is 59.8 cm³/mol. The largest absolute Gasteiger partial charge is 0.399 e. The normalized spacial score (nSPS) is 10.4. The van der Waals surface area contributed by atoms with Crippen LogP contribution in [0.5, 0.6) is 0 Å². The molecule has 0 atom stereocenters. The first-order valence-electron chi connectivity index (χ1n) is 4.82. The summed E-state index contributed by atoms with van der Waals surface area (Å²) in [5, 5.41) is 0. The molecule has 4 heteroatoms. The molecule has 2 aromatic rings. The minimum absolute atomic E-state index is 0.0112. The van der Waals surface area contributed by atoms with E-state index in [0.29, 0.717) is 16.8 Å². The van der Waals surface area contributed by atoms with Crippen LogP contribution in [0.2, 0.25) is 0 Å². The minimum Gasteiger partial charge on any atom is -0.399 e. The molecule has 0 amide bonds. The van der Waals surface area contributed by atoms with Gasteiger partial charge in [-0.25, -0.2) is 4.39 Å². The van der Waals surface area contributed by atoms with Gasteiger partial charge >= 0.3 is 0 Å². The average molecular weight is 218 g/mol. The van der Waals surface area contributed by atoms with Crippen LogP contribution in [-0.4, -0.2) is 10.8 Å². The fourth-order valence-corrected chi connectivity index (χ4v) is 1.58. The number of hydrogen-bond acceptors (Lipinski definition) is 2. The van der Waals surface area contributed by atoms with Gasteiger partial charge in [0.05, 0.1) is 5.56 Å². The van der Waals surface area contributed by atoms with Gasteiger partial charge in [0.15, 0.2) is 5.78 Å². The number of aryl methyl sites for hydroxylation is 1. The zero-order valence-corrected chi connectivity index (χ0v) is 8.75. The Bertz CT molecular complexity index is 532. The number of rotatable bonds is 2. The number of benzene rings is 1. The number of carbonyl (C=O) groups excluding carboxylic acids is 1. The van der Waals surface area contributed by atoms with E-state index in [-0.39, 0.29) is 11.3 Å². The van der Waals surface area contributed by atoms with Crippen LogP contribution in [0, 0.1) is 12.7 Å². The molecule has 1 heterocycles. The van der Waals surface area contributed by atoms with Gasteiger partial charge in [-0.15, -0.1) is 0 Å². The molecule has 0 saturated carbocycles. The maximum Gasteiger partial charge on any atom is 0.197 e. The van der Waals surface area contributed by atoms with E-state index in [2.05, 4.69) is 4.98 Å². The zero-order valence-electron chi connectivity index (χ0n) is 8.75. The maximum atomic E-state index is 13.7. The number of H-pyrrole nitrogens is 1. The Labute approximate surface area is 92.1 Å². The van der Waals surface area contributed by atoms with Crippen LogP contribution in [0.3, 0.4) is 0 Å². The van der Waals surface area contributed by atoms with Gasteiger partial charge in [-0.05, 0) is 30.7 Å². The molecule has 82 valence electrons. The number of nitrogens with one attached hydrogen (secondary N) is 1. The van der Waals surface area contributed by atoms with Crippen molar-refractivity contribution in [2.24, 2.45) is 0 Å². The number of aromatic amines is 1. The number of anilines is 1. The lowest BCUT2D eigenvalue weighted by Gasteiger charge is -2.05. The molecule has 0 bridgehead atoms. The smallest absolute Gasteiger partial charge is 0.197 e. The zero-order chi connectivity index (χ0) is 11.7. The highest BCUT2D eigenvalue weighted by Crippen LogP contribution is 2.20. The monoisotopic (exact) mass is 218 g/mol. The van der Waals surface area contributed by atoms with Crippen molar-refractivity contribution >= 4 is 11.5 Å². The molecular formula is C12H11FN2O. The molecule has 1 aromatic carbocycles. The number of aromatic nitrogens is 1. The molecule has 0 fully saturated rings. The Kier molecular flexibility index (Phi) is 2.48. The van der Waals surface area contributed by atoms with Crippen molar-refractivity contribution in [1.29, 1.82) is 0 Å². The summed E-state index contributed by atoms with van der Waals surface area (Å²) in [5.41, 5.74) is 6.79. The molecule has 0 saturated heterocycles. The van der Waals surface area contributed by atoms with Gasteiger partial charge in [0.2, 0.25) is 0 Å². The summed E-state index contributed by atoms with van der Waals surface area (Å²) in [5.74, 6) is -0.880. The first-order valence-corrected chi connectivity index (χ1v) is 4.82. The SMILES string of the molecule is Cc1cc(N)cc(C(=O)c2cc[nH]c2)c1F. The third kappa shape index (κ3) is 1.69. The van der Waals surface area contributed by atoms with E-state index in [1.807, 2.05) is 0 Å². The summed E-state index contributed by atoms with van der Waals surface area (Å²) >= 11 is 0. The Hall–Kier alpha value is -2.10. The van der Waals surface area contributed by atoms with Gasteiger partial charge in [0.1, 0.15) is 5.82 Å². The van der Waals surface area contributed by atoms with Crippen molar-refractivity contribution in [2.45, 2.75) is 6.92 Å². The lowest BCUT2D eigenvalue weighted by Crippen LogP contribution is -2.06. The van der Waals surface area contributed by atoms with E-state index in [0.717, 1.165) is 0 Å². The Morgan fingerprint density at radius 2 is 2.19 bits per heavy atom. The van der Waals surface area contributed by atoms with Crippen molar-refractivity contribution in [3.05, 3.63) is 53.1 Å². The number of carbonyl (C=O) groups is 1. The third-order valence-electron chi connectivity index (χ3n) is 2.38. The van der Waals surface area contributed by atoms with Crippen LogP contribution in [0.4, 0.5) is 10.1 Å². The first-order chi connectivity index (χ1) is 7.59. The summed E-state index contributed by atoms with van der Waals surface area (Å²) in [7, 11) is 0. The summed E-state index contributed by atoms with van der Waals surface area (Å²) in [4.78, 5) is 14.7. The Balaban J connectivity index is 2.52. The summed E-state index contributed by atoms with van der Waals surface area (Å²) < 4.78 is 13.7. The van der Waals surface area contributed by atoms with Crippen LogP contribution < -0.4 is 5.73 Å². The van der Waals surface area contributed by atoms with E-state index in [4.69, 9.17) is 5.73 Å². The van der Waals surface area contributed by atoms with Crippen molar-refractivity contribution in [1.82, 2.24) is 4.98 Å². The lowest BCUT2D eigenvalue weighted by atomic mass is 10.0. The van der Waals surface area contributed by atoms with Gasteiger partial charge in [-0.2, -0.15) is 0 Å². The van der Waals surface area contributed by atoms with Gasteiger partial charge in [-0.3, -0.25) is 4.79 Å². The van der Waals surface area contributed by atoms with Gasteiger partial charge in [-0.1, -0.05) is 0 Å². The van der Waals surface area contributed by atoms with Crippen molar-refractivity contribution in [3.63, 3.8) is 0 Å². The molecular weight excluding hydrogens is 207 g/mol. The second-order valence-corrected chi connectivity index (χ2v) is 3.63. The molecule has 2 rings (SSSR count). The molecule has 0 radical (unpaired) electrons. The highest BCUT2D eigenvalue weighted by atomic mass is 19.1. The molecule has 0 aliphatic rings. The lowest BCUT2D eigenvalue weighted by molar-refractivity contribution is 0.103. The highest BCUT2D eigenvalue weighted by Gasteiger charge is 2.16. The van der Waals surface area contributed by atoms with Crippen molar-refractivity contribution in [3.8, 4) is 0 Å². The van der Waals surface area contributed by atoms with E-state index < -0.39 is 5.82 Å². The number of halogens is 1. The van der Waals surface area contributed by atoms with Crippen LogP contribution in [0.1, 0.15) is 21.5 Å². The second kappa shape index (κ2) is 3.81. The number of hydrogen-bond donors (Lipinski definition) is 2. The van der Waals surface area contributed by atoms with Crippen LogP contribution in [-0.2, 0) is 0 Å². The number of nitrogen functional groups attached to an aromatic ring is 1. The molecule has 16 heavy (non-hydrogen) atoms. The predicted octanol–water partition coefficient (Wildman–Crippen LogP) is 2.28. The number of nitrogens with two attached hydrogens (primary N) is 1. The molecule has 3 nitrogen and oxygen atoms in total. The van der Waals surface area contributed by atoms with Gasteiger partial charge in [0, 0.05) is 23.6 Å². The standard InChI is InChI=1S/C12H11FN2O/c1-7-4-9(14)5-10(11(7)13)12(16)8-2-3-15-6-8/h2-6,15H,14H2,1H3. The van der Waals surface area contributed by atoms with E-state index in [1.165, 1.54) is 18.3 Å². The maximum absolute atomic E-state index is 13.7. The number of ketones is 1. The van der Waals surface area contributed by atoms with E-state index >= 15 is 0 Å². The summed E-state index contributed by atoms with van der Waals surface area (Å²) in [6, 6.07) is 4.46. The molecule has 0 aliphatic heterocycles. The molecule has 0 aliphatic carbocycles. The van der Waals surface area contributed by atoms with Gasteiger partial charge < -0.3 is 10.7 Å². The van der Waals surface area contributed by atoms with Crippen LogP contribution in [0.15, 0.2) is 30.6 Å². The van der Waals surface area contributed by atoms with Gasteiger partial charge in [0.25, 0.3) is 0 Å².